The Balaban J connectivity index is 1.87. The van der Waals surface area contributed by atoms with E-state index >= 15 is 0 Å². The fourth-order valence-electron chi connectivity index (χ4n) is 3.45. The van der Waals surface area contributed by atoms with Crippen LogP contribution >= 0.6 is 0 Å². The minimum Gasteiger partial charge on any atom is -0.464 e. The molecular weight excluding hydrogens is 332 g/mol. The zero-order chi connectivity index (χ0) is 17.7. The average Bonchev–Trinajstić information content (AvgIpc) is 3.29. The van der Waals surface area contributed by atoms with Crippen molar-refractivity contribution < 1.29 is 18.4 Å². The number of para-hydroxylation sites is 1. The molecule has 1 atom stereocenters. The maximum absolute atomic E-state index is 12.9. The van der Waals surface area contributed by atoms with Crippen LogP contribution in [-0.4, -0.2) is 5.97 Å². The quantitative estimate of drug-likeness (QED) is 0.400. The van der Waals surface area contributed by atoms with Crippen LogP contribution in [0.1, 0.15) is 27.6 Å². The Morgan fingerprint density at radius 1 is 0.846 bits per heavy atom. The van der Waals surface area contributed by atoms with Crippen molar-refractivity contribution in [1.29, 1.82) is 0 Å². The molecule has 0 amide bonds. The highest BCUT2D eigenvalue weighted by atomic mass is 16.5. The molecule has 1 unspecified atom stereocenters. The summed E-state index contributed by atoms with van der Waals surface area (Å²) in [6, 6.07) is 17.8. The summed E-state index contributed by atoms with van der Waals surface area (Å²) >= 11 is 0. The van der Waals surface area contributed by atoms with Gasteiger partial charge in [-0.15, -0.1) is 0 Å². The number of furan rings is 1. The predicted molar refractivity (Wildman–Crippen MR) is 93.9 cm³/mol. The molecule has 4 aromatic rings. The summed E-state index contributed by atoms with van der Waals surface area (Å²) in [6.45, 7) is 0. The number of carbonyl (C=O) groups is 1. The number of hydrogen-bond acceptors (Lipinski definition) is 5. The van der Waals surface area contributed by atoms with Gasteiger partial charge in [-0.2, -0.15) is 0 Å². The van der Waals surface area contributed by atoms with Crippen LogP contribution in [0.3, 0.4) is 0 Å². The molecule has 3 heterocycles. The molecular formula is C21H12O5. The van der Waals surface area contributed by atoms with Crippen LogP contribution in [0, 0.1) is 0 Å². The van der Waals surface area contributed by atoms with Crippen LogP contribution in [0.15, 0.2) is 80.6 Å². The number of benzene rings is 2. The van der Waals surface area contributed by atoms with Gasteiger partial charge in [0.25, 0.3) is 0 Å². The van der Waals surface area contributed by atoms with Gasteiger partial charge in [-0.3, -0.25) is 0 Å². The molecule has 0 radical (unpaired) electrons. The van der Waals surface area contributed by atoms with Crippen molar-refractivity contribution in [2.24, 2.45) is 0 Å². The lowest BCUT2D eigenvalue weighted by Crippen LogP contribution is -2.16. The molecule has 5 rings (SSSR count). The molecule has 5 heteroatoms. The number of fused-ring (bicyclic) bond motifs is 2. The number of esters is 1. The molecule has 0 N–H and O–H groups in total. The van der Waals surface area contributed by atoms with Crippen molar-refractivity contribution in [1.82, 2.24) is 0 Å². The molecule has 0 saturated heterocycles. The standard InChI is InChI=1S/C21H12O5/c22-20-13-7-2-1-6-12(13)19(26-20)18-17(16-10-5-11-24-16)14-8-3-4-9-15(14)25-21(18)23/h1-11,19H. The summed E-state index contributed by atoms with van der Waals surface area (Å²) in [6.07, 6.45) is 0.705. The van der Waals surface area contributed by atoms with Gasteiger partial charge in [0.1, 0.15) is 11.3 Å². The highest BCUT2D eigenvalue weighted by Gasteiger charge is 2.37. The van der Waals surface area contributed by atoms with Crippen molar-refractivity contribution in [3.8, 4) is 11.3 Å². The Morgan fingerprint density at radius 3 is 2.50 bits per heavy atom. The van der Waals surface area contributed by atoms with Crippen molar-refractivity contribution in [2.75, 3.05) is 0 Å². The summed E-state index contributed by atoms with van der Waals surface area (Å²) in [5.41, 5.74) is 1.84. The van der Waals surface area contributed by atoms with Gasteiger partial charge in [-0.1, -0.05) is 36.4 Å². The van der Waals surface area contributed by atoms with Crippen LogP contribution in [0.5, 0.6) is 0 Å². The van der Waals surface area contributed by atoms with Crippen LogP contribution in [0.2, 0.25) is 0 Å². The molecule has 1 aliphatic heterocycles. The second kappa shape index (κ2) is 5.46. The lowest BCUT2D eigenvalue weighted by molar-refractivity contribution is 0.0452. The number of ether oxygens (including phenoxy) is 1. The van der Waals surface area contributed by atoms with Crippen molar-refractivity contribution in [3.63, 3.8) is 0 Å². The normalized spacial score (nSPS) is 15.8. The zero-order valence-electron chi connectivity index (χ0n) is 13.5. The first-order valence-corrected chi connectivity index (χ1v) is 8.13. The first-order chi connectivity index (χ1) is 12.7. The van der Waals surface area contributed by atoms with Gasteiger partial charge in [0, 0.05) is 16.5 Å². The zero-order valence-corrected chi connectivity index (χ0v) is 13.5. The third kappa shape index (κ3) is 2.04. The van der Waals surface area contributed by atoms with Crippen molar-refractivity contribution in [3.05, 3.63) is 94.0 Å². The van der Waals surface area contributed by atoms with Crippen molar-refractivity contribution in [2.45, 2.75) is 6.10 Å². The molecule has 0 spiro atoms. The third-order valence-corrected chi connectivity index (χ3v) is 4.57. The highest BCUT2D eigenvalue weighted by Crippen LogP contribution is 2.41. The number of cyclic esters (lactones) is 1. The first kappa shape index (κ1) is 14.7. The number of carbonyl (C=O) groups excluding carboxylic acids is 1. The van der Waals surface area contributed by atoms with Crippen LogP contribution in [-0.2, 0) is 4.74 Å². The molecule has 2 aromatic heterocycles. The summed E-state index contributed by atoms with van der Waals surface area (Å²) in [5, 5.41) is 0.720. The highest BCUT2D eigenvalue weighted by molar-refractivity contribution is 5.97. The van der Waals surface area contributed by atoms with E-state index < -0.39 is 17.7 Å². The lowest BCUT2D eigenvalue weighted by atomic mass is 9.94. The van der Waals surface area contributed by atoms with Gasteiger partial charge < -0.3 is 13.6 Å². The van der Waals surface area contributed by atoms with Gasteiger partial charge in [-0.05, 0) is 24.3 Å². The molecule has 1 aliphatic rings. The summed E-state index contributed by atoms with van der Waals surface area (Å²) in [4.78, 5) is 25.1. The van der Waals surface area contributed by atoms with Crippen LogP contribution in [0.4, 0.5) is 0 Å². The van der Waals surface area contributed by atoms with E-state index in [9.17, 15) is 9.59 Å². The van der Waals surface area contributed by atoms with E-state index in [1.807, 2.05) is 18.2 Å². The Labute approximate surface area is 147 Å². The second-order valence-corrected chi connectivity index (χ2v) is 6.02. The maximum Gasteiger partial charge on any atom is 0.344 e. The Hall–Kier alpha value is -3.60. The van der Waals surface area contributed by atoms with Gasteiger partial charge in [0.05, 0.1) is 17.4 Å². The molecule has 126 valence electrons. The SMILES string of the molecule is O=C1OC(c2c(-c3ccco3)c3ccccc3oc2=O)c2ccccc21. The smallest absolute Gasteiger partial charge is 0.344 e. The monoisotopic (exact) mass is 344 g/mol. The number of hydrogen-bond donors (Lipinski definition) is 0. The van der Waals surface area contributed by atoms with E-state index in [2.05, 4.69) is 0 Å². The molecule has 0 saturated carbocycles. The first-order valence-electron chi connectivity index (χ1n) is 8.13. The topological polar surface area (TPSA) is 69.7 Å². The van der Waals surface area contributed by atoms with E-state index in [0.717, 1.165) is 5.39 Å². The average molecular weight is 344 g/mol. The summed E-state index contributed by atoms with van der Waals surface area (Å²) in [7, 11) is 0. The number of rotatable bonds is 2. The molecule has 0 aliphatic carbocycles. The van der Waals surface area contributed by atoms with Crippen molar-refractivity contribution >= 4 is 16.9 Å². The largest absolute Gasteiger partial charge is 0.464 e. The lowest BCUT2D eigenvalue weighted by Gasteiger charge is -2.15. The van der Waals surface area contributed by atoms with Crippen LogP contribution in [0.25, 0.3) is 22.3 Å². The summed E-state index contributed by atoms with van der Waals surface area (Å²) < 4.78 is 16.6. The van der Waals surface area contributed by atoms with Gasteiger partial charge in [0.2, 0.25) is 0 Å². The van der Waals surface area contributed by atoms with E-state index in [-0.39, 0.29) is 5.56 Å². The molecule has 26 heavy (non-hydrogen) atoms. The second-order valence-electron chi connectivity index (χ2n) is 6.02. The minimum atomic E-state index is -0.834. The molecule has 0 fully saturated rings. The fraction of sp³-hybridized carbons (Fsp3) is 0.0476. The molecule has 5 nitrogen and oxygen atoms in total. The van der Waals surface area contributed by atoms with Gasteiger partial charge >= 0.3 is 11.6 Å². The Morgan fingerprint density at radius 2 is 1.65 bits per heavy atom. The van der Waals surface area contributed by atoms with E-state index in [1.54, 1.807) is 42.5 Å². The maximum atomic E-state index is 12.9. The minimum absolute atomic E-state index is 0.261. The third-order valence-electron chi connectivity index (χ3n) is 4.57. The van der Waals surface area contributed by atoms with E-state index in [1.165, 1.54) is 6.26 Å². The van der Waals surface area contributed by atoms with E-state index in [4.69, 9.17) is 13.6 Å². The van der Waals surface area contributed by atoms with E-state index in [0.29, 0.717) is 28.0 Å². The Bertz CT molecular complexity index is 1200. The predicted octanol–water partition coefficient (Wildman–Crippen LogP) is 4.31. The van der Waals surface area contributed by atoms with Gasteiger partial charge in [-0.25, -0.2) is 9.59 Å². The molecule has 0 bridgehead atoms. The molecule has 2 aromatic carbocycles. The summed E-state index contributed by atoms with van der Waals surface area (Å²) in [5.74, 6) is 0.0630. The van der Waals surface area contributed by atoms with Crippen LogP contribution < -0.4 is 5.63 Å². The Kier molecular flexibility index (Phi) is 3.09. The van der Waals surface area contributed by atoms with Gasteiger partial charge in [0.15, 0.2) is 6.10 Å². The fourth-order valence-corrected chi connectivity index (χ4v) is 3.45.